The van der Waals surface area contributed by atoms with Crippen LogP contribution in [0.5, 0.6) is 11.5 Å². The molecule has 0 aromatic heterocycles. The van der Waals surface area contributed by atoms with Gasteiger partial charge in [-0.3, -0.25) is 4.79 Å². The van der Waals surface area contributed by atoms with E-state index in [1.165, 1.54) is 23.5 Å². The second-order valence-corrected chi connectivity index (χ2v) is 7.65. The lowest BCUT2D eigenvalue weighted by atomic mass is 10.0. The Morgan fingerprint density at radius 2 is 1.50 bits per heavy atom. The molecular weight excluding hydrogens is 356 g/mol. The van der Waals surface area contributed by atoms with Gasteiger partial charge in [-0.1, -0.05) is 12.1 Å². The molecule has 138 valence electrons. The molecule has 8 heteroatoms. The van der Waals surface area contributed by atoms with Gasteiger partial charge in [0.2, 0.25) is 15.9 Å². The average Bonchev–Trinajstić information content (AvgIpc) is 2.68. The molecule has 1 amide bonds. The van der Waals surface area contributed by atoms with Crippen molar-refractivity contribution in [2.75, 3.05) is 27.3 Å². The maximum absolute atomic E-state index is 13.1. The van der Waals surface area contributed by atoms with E-state index in [1.54, 1.807) is 43.5 Å². The Morgan fingerprint density at radius 3 is 2.04 bits per heavy atom. The van der Waals surface area contributed by atoms with Crippen molar-refractivity contribution in [3.8, 4) is 11.5 Å². The molecule has 0 radical (unpaired) electrons. The van der Waals surface area contributed by atoms with E-state index in [9.17, 15) is 13.2 Å². The van der Waals surface area contributed by atoms with Gasteiger partial charge in [0.1, 0.15) is 17.5 Å². The maximum atomic E-state index is 13.1. The molecule has 1 aliphatic heterocycles. The molecule has 0 aliphatic carbocycles. The Labute approximate surface area is 152 Å². The lowest BCUT2D eigenvalue weighted by molar-refractivity contribution is -0.126. The summed E-state index contributed by atoms with van der Waals surface area (Å²) in [7, 11) is -0.791. The molecule has 0 bridgehead atoms. The molecule has 1 heterocycles. The van der Waals surface area contributed by atoms with Crippen LogP contribution in [0, 0.1) is 0 Å². The minimum absolute atomic E-state index is 0.117. The molecule has 1 N–H and O–H groups in total. The number of ether oxygens (including phenoxy) is 2. The monoisotopic (exact) mass is 376 g/mol. The summed E-state index contributed by atoms with van der Waals surface area (Å²) in [4.78, 5) is 12.6. The van der Waals surface area contributed by atoms with Gasteiger partial charge in [-0.05, 0) is 42.0 Å². The fraction of sp³-hybridized carbons (Fsp3) is 0.278. The quantitative estimate of drug-likeness (QED) is 0.856. The zero-order chi connectivity index (χ0) is 18.7. The van der Waals surface area contributed by atoms with Crippen molar-refractivity contribution >= 4 is 15.9 Å². The number of amides is 1. The number of methoxy groups -OCH3 is 2. The molecule has 1 aliphatic rings. The number of piperazine rings is 1. The zero-order valence-corrected chi connectivity index (χ0v) is 15.3. The highest BCUT2D eigenvalue weighted by Crippen LogP contribution is 2.31. The summed E-state index contributed by atoms with van der Waals surface area (Å²) in [6.07, 6.45) is 0. The highest BCUT2D eigenvalue weighted by atomic mass is 32.2. The molecule has 1 unspecified atom stereocenters. The van der Waals surface area contributed by atoms with Crippen molar-refractivity contribution in [2.24, 2.45) is 0 Å². The van der Waals surface area contributed by atoms with Crippen molar-refractivity contribution in [3.05, 3.63) is 54.1 Å². The van der Waals surface area contributed by atoms with Crippen LogP contribution < -0.4 is 14.8 Å². The highest BCUT2D eigenvalue weighted by molar-refractivity contribution is 7.89. The van der Waals surface area contributed by atoms with Crippen molar-refractivity contribution in [1.82, 2.24) is 9.62 Å². The van der Waals surface area contributed by atoms with Crippen LogP contribution in [-0.4, -0.2) is 45.9 Å². The summed E-state index contributed by atoms with van der Waals surface area (Å²) < 4.78 is 37.7. The first-order valence-corrected chi connectivity index (χ1v) is 9.49. The third-order valence-electron chi connectivity index (χ3n) is 4.27. The topological polar surface area (TPSA) is 84.9 Å². The number of carbonyl (C=O) groups is 1. The molecule has 3 rings (SSSR count). The lowest BCUT2D eigenvalue weighted by Gasteiger charge is -2.34. The average molecular weight is 376 g/mol. The van der Waals surface area contributed by atoms with Crippen molar-refractivity contribution in [1.29, 1.82) is 0 Å². The Kier molecular flexibility index (Phi) is 5.15. The Balaban J connectivity index is 1.99. The molecule has 1 saturated heterocycles. The summed E-state index contributed by atoms with van der Waals surface area (Å²) >= 11 is 0. The number of hydrogen-bond donors (Lipinski definition) is 1. The third kappa shape index (κ3) is 3.38. The molecule has 7 nitrogen and oxygen atoms in total. The molecule has 26 heavy (non-hydrogen) atoms. The Bertz CT molecular complexity index is 879. The smallest absolute Gasteiger partial charge is 0.244 e. The van der Waals surface area contributed by atoms with Gasteiger partial charge in [0.25, 0.3) is 0 Å². The van der Waals surface area contributed by atoms with E-state index in [0.717, 1.165) is 0 Å². The number of nitrogens with one attached hydrogen (secondary N) is 1. The Hall–Kier alpha value is -2.58. The second kappa shape index (κ2) is 7.35. The van der Waals surface area contributed by atoms with E-state index in [0.29, 0.717) is 17.1 Å². The van der Waals surface area contributed by atoms with Crippen molar-refractivity contribution in [2.45, 2.75) is 10.9 Å². The van der Waals surface area contributed by atoms with Gasteiger partial charge in [0.15, 0.2) is 0 Å². The van der Waals surface area contributed by atoms with Crippen molar-refractivity contribution in [3.63, 3.8) is 0 Å². The van der Waals surface area contributed by atoms with E-state index in [-0.39, 0.29) is 23.9 Å². The fourth-order valence-electron chi connectivity index (χ4n) is 2.89. The standard InChI is InChI=1S/C18H20N2O5S/c1-24-14-5-3-13(4-6-14)17-18(21)19-11-12-20(17)26(22,23)16-9-7-15(25-2)8-10-16/h3-10,17H,11-12H2,1-2H3,(H,19,21). The van der Waals surface area contributed by atoms with Gasteiger partial charge in [0.05, 0.1) is 19.1 Å². The van der Waals surface area contributed by atoms with E-state index in [2.05, 4.69) is 5.32 Å². The van der Waals surface area contributed by atoms with E-state index in [1.807, 2.05) is 0 Å². The molecular formula is C18H20N2O5S. The number of carbonyl (C=O) groups excluding carboxylic acids is 1. The van der Waals surface area contributed by atoms with E-state index < -0.39 is 16.1 Å². The minimum atomic E-state index is -3.85. The molecule has 2 aromatic rings. The van der Waals surface area contributed by atoms with Crippen molar-refractivity contribution < 1.29 is 22.7 Å². The normalized spacial score (nSPS) is 18.2. The SMILES string of the molecule is COc1ccc(C2C(=O)NCCN2S(=O)(=O)c2ccc(OC)cc2)cc1. The largest absolute Gasteiger partial charge is 0.497 e. The maximum Gasteiger partial charge on any atom is 0.244 e. The van der Waals surface area contributed by atoms with Crippen LogP contribution in [0.4, 0.5) is 0 Å². The predicted octanol–water partition coefficient (Wildman–Crippen LogP) is 1.57. The summed E-state index contributed by atoms with van der Waals surface area (Å²) in [6, 6.07) is 12.0. The number of rotatable bonds is 5. The summed E-state index contributed by atoms with van der Waals surface area (Å²) in [5, 5.41) is 2.73. The van der Waals surface area contributed by atoms with E-state index in [4.69, 9.17) is 9.47 Å². The van der Waals surface area contributed by atoms with Crippen LogP contribution in [0.25, 0.3) is 0 Å². The molecule has 1 fully saturated rings. The van der Waals surface area contributed by atoms with Crippen LogP contribution in [0.1, 0.15) is 11.6 Å². The Morgan fingerprint density at radius 1 is 0.962 bits per heavy atom. The van der Waals surface area contributed by atoms with Crippen LogP contribution in [0.3, 0.4) is 0 Å². The molecule has 2 aromatic carbocycles. The molecule has 0 spiro atoms. The van der Waals surface area contributed by atoms with Gasteiger partial charge in [-0.25, -0.2) is 8.42 Å². The van der Waals surface area contributed by atoms with Gasteiger partial charge in [-0.15, -0.1) is 0 Å². The van der Waals surface area contributed by atoms with Gasteiger partial charge in [-0.2, -0.15) is 4.31 Å². The van der Waals surface area contributed by atoms with Crippen LogP contribution in [-0.2, 0) is 14.8 Å². The number of nitrogens with zero attached hydrogens (tertiary/aromatic N) is 1. The summed E-state index contributed by atoms with van der Waals surface area (Å²) in [5.41, 5.74) is 0.583. The first kappa shape index (κ1) is 18.2. The van der Waals surface area contributed by atoms with Gasteiger partial charge in [0, 0.05) is 13.1 Å². The van der Waals surface area contributed by atoms with Gasteiger partial charge >= 0.3 is 0 Å². The van der Waals surface area contributed by atoms with Crippen LogP contribution >= 0.6 is 0 Å². The van der Waals surface area contributed by atoms with Gasteiger partial charge < -0.3 is 14.8 Å². The predicted molar refractivity (Wildman–Crippen MR) is 95.6 cm³/mol. The second-order valence-electron chi connectivity index (χ2n) is 5.76. The van der Waals surface area contributed by atoms with E-state index >= 15 is 0 Å². The first-order chi connectivity index (χ1) is 12.5. The van der Waals surface area contributed by atoms with Crippen LogP contribution in [0.15, 0.2) is 53.4 Å². The summed E-state index contributed by atoms with van der Waals surface area (Å²) in [6.45, 7) is 0.456. The third-order valence-corrected chi connectivity index (χ3v) is 6.14. The fourth-order valence-corrected chi connectivity index (χ4v) is 4.47. The number of hydrogen-bond acceptors (Lipinski definition) is 5. The number of sulfonamides is 1. The minimum Gasteiger partial charge on any atom is -0.497 e. The number of benzene rings is 2. The lowest BCUT2D eigenvalue weighted by Crippen LogP contribution is -2.52. The summed E-state index contributed by atoms with van der Waals surface area (Å²) in [5.74, 6) is 0.847. The molecule has 0 saturated carbocycles. The first-order valence-electron chi connectivity index (χ1n) is 8.05. The highest BCUT2D eigenvalue weighted by Gasteiger charge is 2.39. The molecule has 1 atom stereocenters. The van der Waals surface area contributed by atoms with Crippen LogP contribution in [0.2, 0.25) is 0 Å². The zero-order valence-electron chi connectivity index (χ0n) is 14.5.